The lowest BCUT2D eigenvalue weighted by atomic mass is 10.0. The van der Waals surface area contributed by atoms with Crippen LogP contribution in [0.15, 0.2) is 6.07 Å². The summed E-state index contributed by atoms with van der Waals surface area (Å²) >= 11 is 1.19. The Kier molecular flexibility index (Phi) is 4.75. The van der Waals surface area contributed by atoms with Gasteiger partial charge in [-0.25, -0.2) is 9.78 Å². The maximum absolute atomic E-state index is 11.5. The maximum Gasteiger partial charge on any atom is 0.348 e. The minimum absolute atomic E-state index is 0.203. The molecule has 26 heavy (non-hydrogen) atoms. The van der Waals surface area contributed by atoms with Gasteiger partial charge in [0.2, 0.25) is 0 Å². The van der Waals surface area contributed by atoms with E-state index in [1.165, 1.54) is 24.2 Å². The number of aryl methyl sites for hydroxylation is 1. The molecular weight excluding hydrogens is 348 g/mol. The molecule has 2 aromatic heterocycles. The van der Waals surface area contributed by atoms with Crippen molar-refractivity contribution in [3.63, 3.8) is 0 Å². The topological polar surface area (TPSA) is 91.5 Å². The number of rotatable bonds is 6. The van der Waals surface area contributed by atoms with E-state index in [4.69, 9.17) is 10.7 Å². The zero-order valence-corrected chi connectivity index (χ0v) is 15.9. The van der Waals surface area contributed by atoms with Gasteiger partial charge in [0.25, 0.3) is 0 Å². The Labute approximate surface area is 157 Å². The molecule has 7 heteroatoms. The van der Waals surface area contributed by atoms with E-state index in [1.807, 2.05) is 0 Å². The van der Waals surface area contributed by atoms with Crippen LogP contribution in [-0.2, 0) is 6.42 Å². The highest BCUT2D eigenvalue weighted by Gasteiger charge is 2.28. The molecule has 3 heterocycles. The SMILES string of the molecule is CCCc1cc(N2CCC(NC3CC3)CC2)nc2sc(C(=O)O)c(N)c12. The smallest absolute Gasteiger partial charge is 0.348 e. The van der Waals surface area contributed by atoms with Crippen LogP contribution in [-0.4, -0.2) is 41.2 Å². The number of carboxylic acid groups (broad SMARTS) is 1. The number of aromatic carboxylic acids is 1. The average Bonchev–Trinajstić information content (AvgIpc) is 3.37. The summed E-state index contributed by atoms with van der Waals surface area (Å²) in [4.78, 5) is 19.5. The molecule has 1 saturated carbocycles. The number of pyridine rings is 1. The Bertz CT molecular complexity index is 823. The monoisotopic (exact) mass is 374 g/mol. The quantitative estimate of drug-likeness (QED) is 0.719. The fraction of sp³-hybridized carbons (Fsp3) is 0.579. The van der Waals surface area contributed by atoms with Gasteiger partial charge >= 0.3 is 5.97 Å². The van der Waals surface area contributed by atoms with Crippen LogP contribution in [0.1, 0.15) is 54.3 Å². The summed E-state index contributed by atoms with van der Waals surface area (Å²) in [5, 5.41) is 14.0. The number of fused-ring (bicyclic) bond motifs is 1. The van der Waals surface area contributed by atoms with Crippen molar-refractivity contribution < 1.29 is 9.90 Å². The van der Waals surface area contributed by atoms with Gasteiger partial charge < -0.3 is 21.1 Å². The Morgan fingerprint density at radius 3 is 2.65 bits per heavy atom. The van der Waals surface area contributed by atoms with Crippen LogP contribution in [0.3, 0.4) is 0 Å². The molecule has 1 aliphatic carbocycles. The van der Waals surface area contributed by atoms with Crippen molar-refractivity contribution >= 4 is 39.0 Å². The summed E-state index contributed by atoms with van der Waals surface area (Å²) in [6.07, 6.45) is 6.78. The van der Waals surface area contributed by atoms with E-state index in [9.17, 15) is 9.90 Å². The Morgan fingerprint density at radius 2 is 2.04 bits per heavy atom. The number of nitrogens with zero attached hydrogens (tertiary/aromatic N) is 2. The van der Waals surface area contributed by atoms with Gasteiger partial charge in [-0.15, -0.1) is 11.3 Å². The summed E-state index contributed by atoms with van der Waals surface area (Å²) in [6, 6.07) is 3.49. The molecule has 1 saturated heterocycles. The molecule has 0 radical (unpaired) electrons. The van der Waals surface area contributed by atoms with Crippen LogP contribution >= 0.6 is 11.3 Å². The van der Waals surface area contributed by atoms with Gasteiger partial charge in [0.1, 0.15) is 15.5 Å². The minimum atomic E-state index is -0.971. The molecule has 4 N–H and O–H groups in total. The standard InChI is InChI=1S/C19H26N4O2S/c1-2-3-11-10-14(22-18-15(11)16(20)17(26-18)19(24)25)23-8-6-13(7-9-23)21-12-4-5-12/h10,12-13,21H,2-9,20H2,1H3,(H,24,25). The van der Waals surface area contributed by atoms with E-state index < -0.39 is 5.97 Å². The normalized spacial score (nSPS) is 18.6. The van der Waals surface area contributed by atoms with Crippen molar-refractivity contribution in [3.8, 4) is 0 Å². The molecule has 4 rings (SSSR count). The van der Waals surface area contributed by atoms with Gasteiger partial charge in [-0.05, 0) is 43.7 Å². The number of piperidine rings is 1. The summed E-state index contributed by atoms with van der Waals surface area (Å²) in [5.74, 6) is -0.00882. The number of carbonyl (C=O) groups is 1. The lowest BCUT2D eigenvalue weighted by Crippen LogP contribution is -2.43. The number of nitrogens with two attached hydrogens (primary N) is 1. The van der Waals surface area contributed by atoms with E-state index in [1.54, 1.807) is 0 Å². The lowest BCUT2D eigenvalue weighted by Gasteiger charge is -2.33. The highest BCUT2D eigenvalue weighted by molar-refractivity contribution is 7.21. The van der Waals surface area contributed by atoms with Gasteiger partial charge in [0.05, 0.1) is 5.69 Å². The summed E-state index contributed by atoms with van der Waals surface area (Å²) in [5.41, 5.74) is 7.62. The first-order valence-corrected chi connectivity index (χ1v) is 10.3. The summed E-state index contributed by atoms with van der Waals surface area (Å²) in [6.45, 7) is 4.10. The Morgan fingerprint density at radius 1 is 1.35 bits per heavy atom. The first-order valence-electron chi connectivity index (χ1n) is 9.53. The van der Waals surface area contributed by atoms with Crippen molar-refractivity contribution in [2.24, 2.45) is 0 Å². The second-order valence-corrected chi connectivity index (χ2v) is 8.42. The third-order valence-corrected chi connectivity index (χ3v) is 6.44. The molecule has 1 aliphatic heterocycles. The molecule has 2 fully saturated rings. The summed E-state index contributed by atoms with van der Waals surface area (Å²) in [7, 11) is 0. The maximum atomic E-state index is 11.5. The molecule has 0 amide bonds. The van der Waals surface area contributed by atoms with Gasteiger partial charge in [-0.1, -0.05) is 13.3 Å². The number of anilines is 2. The van der Waals surface area contributed by atoms with Crippen LogP contribution in [0.4, 0.5) is 11.5 Å². The van der Waals surface area contributed by atoms with E-state index in [2.05, 4.69) is 23.2 Å². The van der Waals surface area contributed by atoms with Crippen molar-refractivity contribution in [2.45, 2.75) is 57.5 Å². The molecule has 0 aromatic carbocycles. The van der Waals surface area contributed by atoms with Gasteiger partial charge in [-0.2, -0.15) is 0 Å². The number of nitrogens with one attached hydrogen (secondary N) is 1. The Balaban J connectivity index is 1.61. The first kappa shape index (κ1) is 17.5. The highest BCUT2D eigenvalue weighted by Crippen LogP contribution is 2.37. The second kappa shape index (κ2) is 7.04. The lowest BCUT2D eigenvalue weighted by molar-refractivity contribution is 0.0703. The van der Waals surface area contributed by atoms with Gasteiger partial charge in [0.15, 0.2) is 0 Å². The number of aromatic nitrogens is 1. The van der Waals surface area contributed by atoms with Crippen LogP contribution in [0, 0.1) is 0 Å². The fourth-order valence-corrected chi connectivity index (χ4v) is 4.81. The number of hydrogen-bond acceptors (Lipinski definition) is 6. The minimum Gasteiger partial charge on any atom is -0.477 e. The molecule has 0 atom stereocenters. The molecule has 2 aromatic rings. The molecule has 6 nitrogen and oxygen atoms in total. The third-order valence-electron chi connectivity index (χ3n) is 5.35. The zero-order chi connectivity index (χ0) is 18.3. The van der Waals surface area contributed by atoms with Crippen LogP contribution in [0.25, 0.3) is 10.2 Å². The largest absolute Gasteiger partial charge is 0.477 e. The third kappa shape index (κ3) is 3.38. The van der Waals surface area contributed by atoms with Crippen LogP contribution < -0.4 is 16.0 Å². The zero-order valence-electron chi connectivity index (χ0n) is 15.1. The van der Waals surface area contributed by atoms with E-state index in [0.29, 0.717) is 11.7 Å². The van der Waals surface area contributed by atoms with Crippen molar-refractivity contribution in [1.82, 2.24) is 10.3 Å². The number of thiophene rings is 1. The molecule has 2 aliphatic rings. The predicted molar refractivity (Wildman–Crippen MR) is 106 cm³/mol. The predicted octanol–water partition coefficient (Wildman–Crippen LogP) is 3.25. The number of nitrogen functional groups attached to an aromatic ring is 1. The van der Waals surface area contributed by atoms with Crippen molar-refractivity contribution in [2.75, 3.05) is 23.7 Å². The van der Waals surface area contributed by atoms with Crippen molar-refractivity contribution in [3.05, 3.63) is 16.5 Å². The van der Waals surface area contributed by atoms with Crippen LogP contribution in [0.5, 0.6) is 0 Å². The van der Waals surface area contributed by atoms with Gasteiger partial charge in [0, 0.05) is 30.6 Å². The van der Waals surface area contributed by atoms with Crippen molar-refractivity contribution in [1.29, 1.82) is 0 Å². The fourth-order valence-electron chi connectivity index (χ4n) is 3.83. The van der Waals surface area contributed by atoms with E-state index in [0.717, 1.165) is 66.4 Å². The van der Waals surface area contributed by atoms with E-state index >= 15 is 0 Å². The molecular formula is C19H26N4O2S. The van der Waals surface area contributed by atoms with Crippen LogP contribution in [0.2, 0.25) is 0 Å². The Hall–Kier alpha value is -1.86. The number of hydrogen-bond donors (Lipinski definition) is 3. The van der Waals surface area contributed by atoms with Gasteiger partial charge in [-0.3, -0.25) is 0 Å². The van der Waals surface area contributed by atoms with E-state index in [-0.39, 0.29) is 4.88 Å². The number of carboxylic acids is 1. The summed E-state index contributed by atoms with van der Waals surface area (Å²) < 4.78 is 0. The molecule has 140 valence electrons. The highest BCUT2D eigenvalue weighted by atomic mass is 32.1. The first-order chi connectivity index (χ1) is 12.6. The second-order valence-electron chi connectivity index (χ2n) is 7.42. The molecule has 0 spiro atoms. The average molecular weight is 375 g/mol. The molecule has 0 unspecified atom stereocenters. The molecule has 0 bridgehead atoms.